The fourth-order valence-electron chi connectivity index (χ4n) is 8.32. The van der Waals surface area contributed by atoms with Crippen LogP contribution in [0.2, 0.25) is 0 Å². The maximum Gasteiger partial charge on any atom is 0.306 e. The number of ether oxygens (including phenoxy) is 3. The molecule has 1 unspecified atom stereocenters. The van der Waals surface area contributed by atoms with Gasteiger partial charge in [-0.15, -0.1) is 0 Å². The van der Waals surface area contributed by atoms with Crippen molar-refractivity contribution in [2.45, 2.75) is 264 Å². The fourth-order valence-corrected chi connectivity index (χ4v) is 8.32. The van der Waals surface area contributed by atoms with Crippen molar-refractivity contribution in [3.8, 4) is 0 Å². The monoisotopic (exact) mass is 1130 g/mol. The SMILES string of the molecule is CC/C=C\C/C=C\C/C=C\C/C=C\C/C=C\C/C=C\C/C=C\C/C=C\CCCCCCC(=O)OCC(COC(=O)CCCCCCCC)OC(=O)CCCCCCCCC/C=C\C/C=C\C/C=C\C/C=C\C/C=C\C/C=C\C/C=C\CC. The van der Waals surface area contributed by atoms with Gasteiger partial charge in [0.1, 0.15) is 13.2 Å². The second-order valence-corrected chi connectivity index (χ2v) is 20.9. The first kappa shape index (κ1) is 76.5. The maximum absolute atomic E-state index is 12.9. The summed E-state index contributed by atoms with van der Waals surface area (Å²) in [7, 11) is 0. The van der Waals surface area contributed by atoms with Crippen LogP contribution in [0.25, 0.3) is 0 Å². The minimum Gasteiger partial charge on any atom is -0.462 e. The molecule has 0 rings (SSSR count). The summed E-state index contributed by atoms with van der Waals surface area (Å²) in [5.41, 5.74) is 0. The van der Waals surface area contributed by atoms with E-state index in [4.69, 9.17) is 14.2 Å². The quantitative estimate of drug-likeness (QED) is 0.0261. The molecule has 6 heteroatoms. The van der Waals surface area contributed by atoms with E-state index in [0.717, 1.165) is 180 Å². The van der Waals surface area contributed by atoms with E-state index in [2.05, 4.69) is 203 Å². The zero-order chi connectivity index (χ0) is 59.2. The van der Waals surface area contributed by atoms with Crippen molar-refractivity contribution in [2.24, 2.45) is 0 Å². The van der Waals surface area contributed by atoms with E-state index < -0.39 is 6.10 Å². The maximum atomic E-state index is 12.9. The highest BCUT2D eigenvalue weighted by Gasteiger charge is 2.19. The van der Waals surface area contributed by atoms with Gasteiger partial charge in [0.2, 0.25) is 0 Å². The first-order chi connectivity index (χ1) is 40.5. The number of carbonyl (C=O) groups is 3. The number of rotatable bonds is 57. The summed E-state index contributed by atoms with van der Waals surface area (Å²) in [6.07, 6.45) is 102. The molecule has 0 aromatic carbocycles. The van der Waals surface area contributed by atoms with Gasteiger partial charge in [0.15, 0.2) is 6.10 Å². The van der Waals surface area contributed by atoms with E-state index >= 15 is 0 Å². The highest BCUT2D eigenvalue weighted by molar-refractivity contribution is 5.71. The van der Waals surface area contributed by atoms with Crippen molar-refractivity contribution in [2.75, 3.05) is 13.2 Å². The Morgan fingerprint density at radius 1 is 0.256 bits per heavy atom. The summed E-state index contributed by atoms with van der Waals surface area (Å²) in [5.74, 6) is -0.954. The van der Waals surface area contributed by atoms with Crippen LogP contribution in [0.1, 0.15) is 258 Å². The lowest BCUT2D eigenvalue weighted by Gasteiger charge is -2.18. The van der Waals surface area contributed by atoms with Gasteiger partial charge in [0, 0.05) is 19.3 Å². The third-order valence-corrected chi connectivity index (χ3v) is 13.2. The van der Waals surface area contributed by atoms with Crippen LogP contribution in [0, 0.1) is 0 Å². The Bertz CT molecular complexity index is 1920. The van der Waals surface area contributed by atoms with Crippen molar-refractivity contribution >= 4 is 17.9 Å². The van der Waals surface area contributed by atoms with Gasteiger partial charge >= 0.3 is 17.9 Å². The van der Waals surface area contributed by atoms with Crippen LogP contribution in [0.5, 0.6) is 0 Å². The molecule has 0 N–H and O–H groups in total. The lowest BCUT2D eigenvalue weighted by Crippen LogP contribution is -2.30. The van der Waals surface area contributed by atoms with E-state index in [1.165, 1.54) is 38.5 Å². The van der Waals surface area contributed by atoms with E-state index in [1.807, 2.05) is 0 Å². The zero-order valence-electron chi connectivity index (χ0n) is 52.4. The summed E-state index contributed by atoms with van der Waals surface area (Å²) in [5, 5.41) is 0. The van der Waals surface area contributed by atoms with Crippen molar-refractivity contribution in [1.82, 2.24) is 0 Å². The molecule has 0 radical (unpaired) electrons. The van der Waals surface area contributed by atoms with E-state index in [1.54, 1.807) is 0 Å². The average Bonchev–Trinajstić information content (AvgIpc) is 3.47. The van der Waals surface area contributed by atoms with Gasteiger partial charge in [-0.05, 0) is 141 Å². The summed E-state index contributed by atoms with van der Waals surface area (Å²) in [6.45, 7) is 6.31. The smallest absolute Gasteiger partial charge is 0.306 e. The number of hydrogen-bond donors (Lipinski definition) is 0. The Kier molecular flexibility index (Phi) is 63.5. The predicted octanol–water partition coefficient (Wildman–Crippen LogP) is 22.8. The highest BCUT2D eigenvalue weighted by atomic mass is 16.6. The topological polar surface area (TPSA) is 78.9 Å². The fraction of sp³-hybridized carbons (Fsp3) is 0.566. The van der Waals surface area contributed by atoms with Crippen LogP contribution in [-0.4, -0.2) is 37.2 Å². The summed E-state index contributed by atoms with van der Waals surface area (Å²) >= 11 is 0. The largest absolute Gasteiger partial charge is 0.462 e. The van der Waals surface area contributed by atoms with Crippen LogP contribution < -0.4 is 0 Å². The summed E-state index contributed by atoms with van der Waals surface area (Å²) in [4.78, 5) is 38.1. The van der Waals surface area contributed by atoms with Gasteiger partial charge < -0.3 is 14.2 Å². The van der Waals surface area contributed by atoms with Gasteiger partial charge in [-0.25, -0.2) is 0 Å². The summed E-state index contributed by atoms with van der Waals surface area (Å²) < 4.78 is 16.8. The molecular weight excluding hydrogens is 1010 g/mol. The average molecular weight is 1130 g/mol. The third kappa shape index (κ3) is 65.3. The number of carbonyl (C=O) groups excluding carboxylic acids is 3. The van der Waals surface area contributed by atoms with Crippen LogP contribution in [0.3, 0.4) is 0 Å². The van der Waals surface area contributed by atoms with Gasteiger partial charge in [-0.1, -0.05) is 280 Å². The lowest BCUT2D eigenvalue weighted by molar-refractivity contribution is -0.167. The molecule has 0 amide bonds. The number of allylic oxidation sites excluding steroid dienone is 30. The predicted molar refractivity (Wildman–Crippen MR) is 357 cm³/mol. The number of hydrogen-bond acceptors (Lipinski definition) is 6. The van der Waals surface area contributed by atoms with Crippen LogP contribution >= 0.6 is 0 Å². The normalized spacial score (nSPS) is 13.4. The molecule has 458 valence electrons. The van der Waals surface area contributed by atoms with E-state index in [9.17, 15) is 14.4 Å². The molecule has 82 heavy (non-hydrogen) atoms. The third-order valence-electron chi connectivity index (χ3n) is 13.2. The number of esters is 3. The molecule has 0 aromatic heterocycles. The molecule has 0 saturated carbocycles. The summed E-state index contributed by atoms with van der Waals surface area (Å²) in [6, 6.07) is 0. The molecule has 0 aliphatic carbocycles. The first-order valence-electron chi connectivity index (χ1n) is 32.8. The molecule has 0 spiro atoms. The Morgan fingerprint density at radius 3 is 0.744 bits per heavy atom. The molecule has 0 aliphatic rings. The highest BCUT2D eigenvalue weighted by Crippen LogP contribution is 2.14. The zero-order valence-corrected chi connectivity index (χ0v) is 52.4. The van der Waals surface area contributed by atoms with Crippen molar-refractivity contribution < 1.29 is 28.6 Å². The van der Waals surface area contributed by atoms with E-state index in [0.29, 0.717) is 19.3 Å². The van der Waals surface area contributed by atoms with E-state index in [-0.39, 0.29) is 31.1 Å². The van der Waals surface area contributed by atoms with Crippen LogP contribution in [0.4, 0.5) is 0 Å². The molecule has 1 atom stereocenters. The van der Waals surface area contributed by atoms with Gasteiger partial charge in [0.25, 0.3) is 0 Å². The Hall–Kier alpha value is -5.49. The molecule has 0 fully saturated rings. The molecule has 0 aliphatic heterocycles. The molecule has 0 heterocycles. The molecule has 0 aromatic rings. The number of unbranched alkanes of at least 4 members (excludes halogenated alkanes) is 16. The molecule has 0 saturated heterocycles. The minimum atomic E-state index is -0.803. The van der Waals surface area contributed by atoms with Crippen molar-refractivity contribution in [3.05, 3.63) is 182 Å². The Morgan fingerprint density at radius 2 is 0.476 bits per heavy atom. The minimum absolute atomic E-state index is 0.0990. The van der Waals surface area contributed by atoms with Gasteiger partial charge in [-0.2, -0.15) is 0 Å². The molecule has 6 nitrogen and oxygen atoms in total. The lowest BCUT2D eigenvalue weighted by atomic mass is 10.1. The standard InChI is InChI=1S/C76H118O6/c1-4-7-10-13-16-18-20-22-24-26-28-30-32-34-36-38-40-42-44-46-48-50-52-54-56-58-60-63-66-69-75(78)81-72-73(71-80-74(77)68-65-62-15-12-9-6-3)82-76(79)70-67-64-61-59-57-55-53-51-49-47-45-43-41-39-37-35-33-31-29-27-25-23-21-19-17-14-11-8-5-2/h7-8,10-11,16-19,22-25,28-31,34-37,40-43,46-49,52,54,73H,4-6,9,12-15,20-21,26-27,32-33,38-39,44-45,50-51,53,55-72H2,1-3H3/b10-7-,11-8-,18-16-,19-17-,24-22-,25-23-,30-28-,31-29-,36-34-,37-35-,42-40-,43-41-,48-46-,49-47-,54-52-. The Labute approximate surface area is 504 Å². The van der Waals surface area contributed by atoms with Crippen LogP contribution in [-0.2, 0) is 28.6 Å². The van der Waals surface area contributed by atoms with Gasteiger partial charge in [-0.3, -0.25) is 14.4 Å². The first-order valence-corrected chi connectivity index (χ1v) is 32.8. The second kappa shape index (κ2) is 68.0. The van der Waals surface area contributed by atoms with Crippen LogP contribution in [0.15, 0.2) is 182 Å². The Balaban J connectivity index is 4.24. The second-order valence-electron chi connectivity index (χ2n) is 20.9. The van der Waals surface area contributed by atoms with Crippen molar-refractivity contribution in [3.63, 3.8) is 0 Å². The molecule has 0 bridgehead atoms. The molecular formula is C76H118O6. The van der Waals surface area contributed by atoms with Crippen molar-refractivity contribution in [1.29, 1.82) is 0 Å². The van der Waals surface area contributed by atoms with Gasteiger partial charge in [0.05, 0.1) is 0 Å².